The molecule has 0 saturated heterocycles. The summed E-state index contributed by atoms with van der Waals surface area (Å²) in [5.74, 6) is -1.21. The molecule has 1 aliphatic heterocycles. The summed E-state index contributed by atoms with van der Waals surface area (Å²) in [4.78, 5) is 24.3. The summed E-state index contributed by atoms with van der Waals surface area (Å²) in [5.41, 5.74) is 2.60. The normalized spacial score (nSPS) is 15.4. The maximum absolute atomic E-state index is 11.9. The third kappa shape index (κ3) is 2.01. The van der Waals surface area contributed by atoms with Crippen LogP contribution in [0.25, 0.3) is 0 Å². The summed E-state index contributed by atoms with van der Waals surface area (Å²) < 4.78 is 0. The first kappa shape index (κ1) is 12.4. The Morgan fingerprint density at radius 1 is 1.33 bits per heavy atom. The summed E-state index contributed by atoms with van der Waals surface area (Å²) in [7, 11) is 0. The number of aryl methyl sites for hydroxylation is 1. The van der Waals surface area contributed by atoms with Gasteiger partial charge in [0.25, 0.3) is 0 Å². The minimum atomic E-state index is -1.02. The molecule has 0 atom stereocenters. The number of benzene rings is 1. The SMILES string of the molecule is CCc1ccc(N2C(=O)CC(C(=O)O)=C2C)cc1. The van der Waals surface area contributed by atoms with Gasteiger partial charge in [-0.2, -0.15) is 0 Å². The smallest absolute Gasteiger partial charge is 0.333 e. The molecule has 1 N–H and O–H groups in total. The minimum absolute atomic E-state index is 0.0311. The van der Waals surface area contributed by atoms with E-state index in [1.165, 1.54) is 10.5 Å². The molecule has 1 aliphatic rings. The van der Waals surface area contributed by atoms with Crippen molar-refractivity contribution >= 4 is 17.6 Å². The van der Waals surface area contributed by atoms with Crippen molar-refractivity contribution < 1.29 is 14.7 Å². The molecular weight excluding hydrogens is 230 g/mol. The first-order chi connectivity index (χ1) is 8.54. The van der Waals surface area contributed by atoms with Crippen LogP contribution in [0.4, 0.5) is 5.69 Å². The molecule has 0 saturated carbocycles. The summed E-state index contributed by atoms with van der Waals surface area (Å²) in [6.07, 6.45) is 0.903. The molecule has 2 rings (SSSR count). The van der Waals surface area contributed by atoms with E-state index in [0.29, 0.717) is 5.70 Å². The number of carbonyl (C=O) groups excluding carboxylic acids is 1. The molecule has 1 aromatic carbocycles. The van der Waals surface area contributed by atoms with Crippen molar-refractivity contribution in [3.8, 4) is 0 Å². The fraction of sp³-hybridized carbons (Fsp3) is 0.286. The van der Waals surface area contributed by atoms with E-state index in [0.717, 1.165) is 12.1 Å². The predicted molar refractivity (Wildman–Crippen MR) is 68.3 cm³/mol. The van der Waals surface area contributed by atoms with Gasteiger partial charge in [0, 0.05) is 11.4 Å². The van der Waals surface area contributed by atoms with Gasteiger partial charge in [0.1, 0.15) is 0 Å². The molecule has 1 heterocycles. The second kappa shape index (κ2) is 4.64. The zero-order valence-corrected chi connectivity index (χ0v) is 10.4. The Balaban J connectivity index is 2.37. The number of amides is 1. The van der Waals surface area contributed by atoms with Crippen LogP contribution in [0.15, 0.2) is 35.5 Å². The Kier molecular flexibility index (Phi) is 3.19. The molecule has 0 spiro atoms. The molecule has 0 unspecified atom stereocenters. The average molecular weight is 245 g/mol. The van der Waals surface area contributed by atoms with Crippen LogP contribution in [0.3, 0.4) is 0 Å². The van der Waals surface area contributed by atoms with Gasteiger partial charge >= 0.3 is 5.97 Å². The van der Waals surface area contributed by atoms with Gasteiger partial charge in [0.2, 0.25) is 5.91 Å². The van der Waals surface area contributed by atoms with Gasteiger partial charge in [-0.15, -0.1) is 0 Å². The Labute approximate surface area is 106 Å². The topological polar surface area (TPSA) is 57.6 Å². The number of hydrogen-bond acceptors (Lipinski definition) is 2. The highest BCUT2D eigenvalue weighted by Crippen LogP contribution is 2.30. The van der Waals surface area contributed by atoms with Crippen LogP contribution in [-0.4, -0.2) is 17.0 Å². The van der Waals surface area contributed by atoms with Crippen molar-refractivity contribution in [2.45, 2.75) is 26.7 Å². The number of hydrogen-bond donors (Lipinski definition) is 1. The largest absolute Gasteiger partial charge is 0.478 e. The third-order valence-electron chi connectivity index (χ3n) is 3.21. The Hall–Kier alpha value is -2.10. The quantitative estimate of drug-likeness (QED) is 0.889. The van der Waals surface area contributed by atoms with Crippen LogP contribution in [0, 0.1) is 0 Å². The van der Waals surface area contributed by atoms with Gasteiger partial charge in [-0.3, -0.25) is 9.69 Å². The maximum atomic E-state index is 11.9. The molecule has 1 amide bonds. The average Bonchev–Trinajstić information content (AvgIpc) is 2.65. The number of allylic oxidation sites excluding steroid dienone is 1. The fourth-order valence-corrected chi connectivity index (χ4v) is 2.13. The summed E-state index contributed by atoms with van der Waals surface area (Å²) in [5, 5.41) is 9.01. The van der Waals surface area contributed by atoms with Crippen LogP contribution < -0.4 is 4.90 Å². The highest BCUT2D eigenvalue weighted by Gasteiger charge is 2.31. The lowest BCUT2D eigenvalue weighted by molar-refractivity contribution is -0.133. The van der Waals surface area contributed by atoms with Crippen LogP contribution in [0.5, 0.6) is 0 Å². The van der Waals surface area contributed by atoms with Gasteiger partial charge in [-0.05, 0) is 31.0 Å². The lowest BCUT2D eigenvalue weighted by atomic mass is 10.1. The zero-order valence-electron chi connectivity index (χ0n) is 10.4. The molecule has 1 aromatic rings. The van der Waals surface area contributed by atoms with Crippen molar-refractivity contribution in [1.29, 1.82) is 0 Å². The van der Waals surface area contributed by atoms with Crippen LogP contribution in [0.1, 0.15) is 25.8 Å². The molecule has 4 nitrogen and oxygen atoms in total. The fourth-order valence-electron chi connectivity index (χ4n) is 2.13. The Bertz CT molecular complexity index is 528. The lowest BCUT2D eigenvalue weighted by Gasteiger charge is -2.18. The Morgan fingerprint density at radius 2 is 1.94 bits per heavy atom. The predicted octanol–water partition coefficient (Wildman–Crippen LogP) is 2.34. The van der Waals surface area contributed by atoms with E-state index in [4.69, 9.17) is 5.11 Å². The highest BCUT2D eigenvalue weighted by atomic mass is 16.4. The van der Waals surface area contributed by atoms with Crippen LogP contribution in [0.2, 0.25) is 0 Å². The molecule has 94 valence electrons. The second-order valence-corrected chi connectivity index (χ2v) is 4.30. The van der Waals surface area contributed by atoms with E-state index in [-0.39, 0.29) is 17.9 Å². The molecule has 0 fully saturated rings. The van der Waals surface area contributed by atoms with E-state index in [1.54, 1.807) is 6.92 Å². The molecule has 18 heavy (non-hydrogen) atoms. The van der Waals surface area contributed by atoms with Gasteiger partial charge < -0.3 is 5.11 Å². The van der Waals surface area contributed by atoms with Crippen molar-refractivity contribution in [2.75, 3.05) is 4.90 Å². The van der Waals surface area contributed by atoms with E-state index >= 15 is 0 Å². The first-order valence-electron chi connectivity index (χ1n) is 5.89. The molecule has 0 aliphatic carbocycles. The number of carbonyl (C=O) groups is 2. The number of carboxylic acids is 1. The maximum Gasteiger partial charge on any atom is 0.333 e. The zero-order chi connectivity index (χ0) is 13.3. The highest BCUT2D eigenvalue weighted by molar-refractivity contribution is 6.08. The number of carboxylic acid groups (broad SMARTS) is 1. The molecule has 0 bridgehead atoms. The van der Waals surface area contributed by atoms with Gasteiger partial charge in [-0.25, -0.2) is 4.79 Å². The Morgan fingerprint density at radius 3 is 2.39 bits per heavy atom. The van der Waals surface area contributed by atoms with Crippen LogP contribution in [-0.2, 0) is 16.0 Å². The van der Waals surface area contributed by atoms with E-state index in [1.807, 2.05) is 24.3 Å². The lowest BCUT2D eigenvalue weighted by Crippen LogP contribution is -2.23. The van der Waals surface area contributed by atoms with Crippen molar-refractivity contribution in [3.63, 3.8) is 0 Å². The van der Waals surface area contributed by atoms with Crippen molar-refractivity contribution in [2.24, 2.45) is 0 Å². The van der Waals surface area contributed by atoms with Crippen molar-refractivity contribution in [1.82, 2.24) is 0 Å². The summed E-state index contributed by atoms with van der Waals surface area (Å²) in [6, 6.07) is 7.61. The minimum Gasteiger partial charge on any atom is -0.478 e. The van der Waals surface area contributed by atoms with E-state index in [2.05, 4.69) is 6.92 Å². The molecule has 4 heteroatoms. The number of aliphatic carboxylic acids is 1. The summed E-state index contributed by atoms with van der Waals surface area (Å²) >= 11 is 0. The number of anilines is 1. The molecular formula is C14H15NO3. The van der Waals surface area contributed by atoms with Gasteiger partial charge in [0.05, 0.1) is 12.0 Å². The molecule has 0 aromatic heterocycles. The van der Waals surface area contributed by atoms with E-state index < -0.39 is 5.97 Å². The van der Waals surface area contributed by atoms with Gasteiger partial charge in [-0.1, -0.05) is 19.1 Å². The summed E-state index contributed by atoms with van der Waals surface area (Å²) in [6.45, 7) is 3.73. The van der Waals surface area contributed by atoms with Crippen molar-refractivity contribution in [3.05, 3.63) is 41.1 Å². The monoisotopic (exact) mass is 245 g/mol. The standard InChI is InChI=1S/C14H15NO3/c1-3-10-4-6-11(7-5-10)15-9(2)12(14(17)18)8-13(15)16/h4-7H,3,8H2,1-2H3,(H,17,18). The second-order valence-electron chi connectivity index (χ2n) is 4.30. The molecule has 0 radical (unpaired) electrons. The van der Waals surface area contributed by atoms with E-state index in [9.17, 15) is 9.59 Å². The van der Waals surface area contributed by atoms with Crippen LogP contribution >= 0.6 is 0 Å². The third-order valence-corrected chi connectivity index (χ3v) is 3.21. The number of rotatable bonds is 3. The number of nitrogens with zero attached hydrogens (tertiary/aromatic N) is 1. The first-order valence-corrected chi connectivity index (χ1v) is 5.89. The van der Waals surface area contributed by atoms with Gasteiger partial charge in [0.15, 0.2) is 0 Å².